The second kappa shape index (κ2) is 10.2. The van der Waals surface area contributed by atoms with Gasteiger partial charge < -0.3 is 4.74 Å². The number of rotatable bonds is 7. The Kier molecular flexibility index (Phi) is 7.15. The molecule has 0 spiro atoms. The first-order chi connectivity index (χ1) is 15.5. The van der Waals surface area contributed by atoms with Gasteiger partial charge in [0.1, 0.15) is 24.4 Å². The zero-order valence-electron chi connectivity index (χ0n) is 16.5. The average Bonchev–Trinajstić information content (AvgIpc) is 2.79. The van der Waals surface area contributed by atoms with Crippen LogP contribution < -0.4 is 10.2 Å². The van der Waals surface area contributed by atoms with Crippen molar-refractivity contribution in [2.75, 3.05) is 5.43 Å². The molecule has 3 aromatic carbocycles. The Hall–Kier alpha value is -2.80. The molecular formula is C23H16I2N4O3. The fraction of sp³-hybridized carbons (Fsp3) is 0.0435. The molecule has 0 saturated heterocycles. The van der Waals surface area contributed by atoms with Gasteiger partial charge in [-0.2, -0.15) is 5.10 Å². The second-order valence-corrected chi connectivity index (χ2v) is 9.09. The van der Waals surface area contributed by atoms with Gasteiger partial charge in [0.2, 0.25) is 0 Å². The SMILES string of the molecule is O=[N+]([O-])c1ccc(N/N=C/c2cc(I)c(OCc3cccc4ccccc34)c(I)c2)nc1. The summed E-state index contributed by atoms with van der Waals surface area (Å²) in [5, 5.41) is 17.2. The number of hydrogen-bond acceptors (Lipinski definition) is 6. The number of fused-ring (bicyclic) bond motifs is 1. The van der Waals surface area contributed by atoms with Crippen molar-refractivity contribution in [2.45, 2.75) is 6.61 Å². The summed E-state index contributed by atoms with van der Waals surface area (Å²) in [6.45, 7) is 0.480. The van der Waals surface area contributed by atoms with Gasteiger partial charge in [-0.1, -0.05) is 42.5 Å². The van der Waals surface area contributed by atoms with E-state index in [1.54, 1.807) is 6.21 Å². The molecule has 0 aliphatic carbocycles. The van der Waals surface area contributed by atoms with E-state index < -0.39 is 4.92 Å². The highest BCUT2D eigenvalue weighted by atomic mass is 127. The fourth-order valence-electron chi connectivity index (χ4n) is 3.09. The van der Waals surface area contributed by atoms with Crippen LogP contribution in [0.5, 0.6) is 5.75 Å². The number of aromatic nitrogens is 1. The lowest BCUT2D eigenvalue weighted by Gasteiger charge is -2.13. The van der Waals surface area contributed by atoms with Crippen molar-refractivity contribution in [3.8, 4) is 5.75 Å². The van der Waals surface area contributed by atoms with Gasteiger partial charge in [-0.15, -0.1) is 0 Å². The molecule has 7 nitrogen and oxygen atoms in total. The van der Waals surface area contributed by atoms with Crippen molar-refractivity contribution in [1.29, 1.82) is 0 Å². The molecule has 0 saturated carbocycles. The standard InChI is InChI=1S/C23H16I2N4O3/c24-20-10-15(12-27-28-22-9-8-18(13-26-22)29(30)31)11-21(25)23(20)32-14-17-6-3-5-16-4-1-2-7-19(16)17/h1-13H,14H2,(H,26,28)/b27-12+. The van der Waals surface area contributed by atoms with E-state index in [-0.39, 0.29) is 5.69 Å². The van der Waals surface area contributed by atoms with Gasteiger partial charge in [0.25, 0.3) is 5.69 Å². The van der Waals surface area contributed by atoms with Crippen LogP contribution in [0, 0.1) is 17.3 Å². The van der Waals surface area contributed by atoms with Crippen molar-refractivity contribution in [3.05, 3.63) is 101 Å². The lowest BCUT2D eigenvalue weighted by Crippen LogP contribution is -2.01. The molecule has 0 radical (unpaired) electrons. The van der Waals surface area contributed by atoms with E-state index in [1.807, 2.05) is 30.3 Å². The number of nitrogens with one attached hydrogen (secondary N) is 1. The molecule has 0 bridgehead atoms. The van der Waals surface area contributed by atoms with E-state index in [4.69, 9.17) is 4.74 Å². The average molecular weight is 650 g/mol. The molecule has 9 heteroatoms. The zero-order valence-corrected chi connectivity index (χ0v) is 20.8. The van der Waals surface area contributed by atoms with Crippen LogP contribution in [0.25, 0.3) is 10.8 Å². The third-order valence-corrected chi connectivity index (χ3v) is 6.23. The fourth-order valence-corrected chi connectivity index (χ4v) is 5.22. The number of nitro groups is 1. The van der Waals surface area contributed by atoms with E-state index in [0.29, 0.717) is 12.4 Å². The summed E-state index contributed by atoms with van der Waals surface area (Å²) in [7, 11) is 0. The lowest BCUT2D eigenvalue weighted by atomic mass is 10.1. The number of hydrogen-bond donors (Lipinski definition) is 1. The minimum atomic E-state index is -0.492. The van der Waals surface area contributed by atoms with E-state index in [1.165, 1.54) is 29.1 Å². The minimum Gasteiger partial charge on any atom is -0.487 e. The molecule has 4 rings (SSSR count). The molecule has 4 aromatic rings. The zero-order chi connectivity index (χ0) is 22.5. The molecule has 32 heavy (non-hydrogen) atoms. The molecule has 1 aromatic heterocycles. The topological polar surface area (TPSA) is 89.7 Å². The molecular weight excluding hydrogens is 634 g/mol. The van der Waals surface area contributed by atoms with E-state index >= 15 is 0 Å². The highest BCUT2D eigenvalue weighted by molar-refractivity contribution is 14.1. The normalized spacial score (nSPS) is 11.1. The highest BCUT2D eigenvalue weighted by Crippen LogP contribution is 2.30. The van der Waals surface area contributed by atoms with Crippen LogP contribution >= 0.6 is 45.2 Å². The number of anilines is 1. The van der Waals surface area contributed by atoms with Crippen LogP contribution in [0.2, 0.25) is 0 Å². The lowest BCUT2D eigenvalue weighted by molar-refractivity contribution is -0.385. The molecule has 0 aliphatic rings. The first-order valence-corrected chi connectivity index (χ1v) is 11.6. The van der Waals surface area contributed by atoms with Crippen molar-refractivity contribution in [3.63, 3.8) is 0 Å². The van der Waals surface area contributed by atoms with E-state index in [9.17, 15) is 10.1 Å². The van der Waals surface area contributed by atoms with Crippen molar-refractivity contribution >= 4 is 73.7 Å². The molecule has 0 fully saturated rings. The Morgan fingerprint density at radius 2 is 1.81 bits per heavy atom. The van der Waals surface area contributed by atoms with Crippen LogP contribution in [-0.2, 0) is 6.61 Å². The number of nitrogens with zero attached hydrogens (tertiary/aromatic N) is 3. The number of ether oxygens (including phenoxy) is 1. The van der Waals surface area contributed by atoms with Crippen LogP contribution in [-0.4, -0.2) is 16.1 Å². The van der Waals surface area contributed by atoms with Crippen molar-refractivity contribution in [2.24, 2.45) is 5.10 Å². The maximum atomic E-state index is 10.7. The number of benzene rings is 3. The Labute approximate surface area is 211 Å². The maximum absolute atomic E-state index is 10.7. The first kappa shape index (κ1) is 22.4. The largest absolute Gasteiger partial charge is 0.487 e. The van der Waals surface area contributed by atoms with Crippen LogP contribution in [0.1, 0.15) is 11.1 Å². The summed E-state index contributed by atoms with van der Waals surface area (Å²) in [4.78, 5) is 14.2. The Bertz CT molecular complexity index is 1280. The van der Waals surface area contributed by atoms with E-state index in [0.717, 1.165) is 24.0 Å². The predicted octanol–water partition coefficient (Wildman–Crippen LogP) is 6.38. The predicted molar refractivity (Wildman–Crippen MR) is 142 cm³/mol. The van der Waals surface area contributed by atoms with Crippen molar-refractivity contribution in [1.82, 2.24) is 4.98 Å². The quantitative estimate of drug-likeness (QED) is 0.109. The molecule has 0 unspecified atom stereocenters. The Morgan fingerprint density at radius 3 is 2.53 bits per heavy atom. The highest BCUT2D eigenvalue weighted by Gasteiger charge is 2.10. The minimum absolute atomic E-state index is 0.0669. The maximum Gasteiger partial charge on any atom is 0.287 e. The summed E-state index contributed by atoms with van der Waals surface area (Å²) in [5.41, 5.74) is 4.74. The van der Waals surface area contributed by atoms with Gasteiger partial charge in [0, 0.05) is 6.07 Å². The molecule has 0 aliphatic heterocycles. The van der Waals surface area contributed by atoms with Gasteiger partial charge in [0.05, 0.1) is 18.3 Å². The second-order valence-electron chi connectivity index (χ2n) is 6.77. The monoisotopic (exact) mass is 650 g/mol. The number of hydrazone groups is 1. The van der Waals surface area contributed by atoms with Crippen LogP contribution in [0.15, 0.2) is 78.0 Å². The van der Waals surface area contributed by atoms with Gasteiger partial charge >= 0.3 is 0 Å². The van der Waals surface area contributed by atoms with Gasteiger partial charge in [0.15, 0.2) is 0 Å². The first-order valence-electron chi connectivity index (χ1n) is 9.49. The Morgan fingerprint density at radius 1 is 1.06 bits per heavy atom. The summed E-state index contributed by atoms with van der Waals surface area (Å²) in [6, 6.07) is 21.3. The Balaban J connectivity index is 1.44. The molecule has 1 heterocycles. The molecule has 1 N–H and O–H groups in total. The summed E-state index contributed by atoms with van der Waals surface area (Å²) in [6.07, 6.45) is 2.85. The van der Waals surface area contributed by atoms with Gasteiger partial charge in [-0.3, -0.25) is 15.5 Å². The number of halogens is 2. The van der Waals surface area contributed by atoms with Crippen molar-refractivity contribution < 1.29 is 9.66 Å². The third-order valence-electron chi connectivity index (χ3n) is 4.62. The van der Waals surface area contributed by atoms with Crippen LogP contribution in [0.3, 0.4) is 0 Å². The van der Waals surface area contributed by atoms with Crippen LogP contribution in [0.4, 0.5) is 11.5 Å². The molecule has 160 valence electrons. The summed E-state index contributed by atoms with van der Waals surface area (Å²) >= 11 is 4.51. The summed E-state index contributed by atoms with van der Waals surface area (Å²) in [5.74, 6) is 1.26. The third kappa shape index (κ3) is 5.33. The summed E-state index contributed by atoms with van der Waals surface area (Å²) < 4.78 is 8.13. The molecule has 0 atom stereocenters. The molecule has 0 amide bonds. The van der Waals surface area contributed by atoms with Gasteiger partial charge in [-0.25, -0.2) is 4.98 Å². The van der Waals surface area contributed by atoms with E-state index in [2.05, 4.69) is 85.0 Å². The number of pyridine rings is 1. The smallest absolute Gasteiger partial charge is 0.287 e. The van der Waals surface area contributed by atoms with Gasteiger partial charge in [-0.05, 0) is 85.3 Å².